The number of nitrogens with one attached hydrogen (secondary N) is 1. The van der Waals surface area contributed by atoms with Crippen LogP contribution in [0.4, 0.5) is 5.69 Å². The predicted octanol–water partition coefficient (Wildman–Crippen LogP) is 3.97. The van der Waals surface area contributed by atoms with E-state index in [1.165, 1.54) is 5.56 Å². The number of aliphatic hydroxyl groups excluding tert-OH is 1. The number of anilines is 1. The minimum absolute atomic E-state index is 0.0127. The smallest absolute Gasteiger partial charge is 0.0828 e. The second kappa shape index (κ2) is 5.64. The third-order valence-electron chi connectivity index (χ3n) is 3.25. The van der Waals surface area contributed by atoms with E-state index in [1.807, 2.05) is 62.4 Å². The van der Waals surface area contributed by atoms with Crippen molar-refractivity contribution < 1.29 is 5.11 Å². The normalized spacial score (nSPS) is 13.9. The summed E-state index contributed by atoms with van der Waals surface area (Å²) in [4.78, 5) is 0. The first-order valence-electron chi connectivity index (χ1n) is 6.25. The lowest BCUT2D eigenvalue weighted by molar-refractivity contribution is 0.224. The fourth-order valence-corrected chi connectivity index (χ4v) is 2.18. The fraction of sp³-hybridized carbons (Fsp3) is 0.250. The molecule has 2 aromatic rings. The van der Waals surface area contributed by atoms with Crippen LogP contribution in [-0.2, 0) is 5.54 Å². The van der Waals surface area contributed by atoms with Crippen molar-refractivity contribution in [3.63, 3.8) is 0 Å². The Bertz CT molecular complexity index is 553. The number of hydrogen-bond donors (Lipinski definition) is 2. The second-order valence-electron chi connectivity index (χ2n) is 4.99. The number of benzene rings is 2. The summed E-state index contributed by atoms with van der Waals surface area (Å²) in [6.07, 6.45) is 0. The molecule has 0 bridgehead atoms. The van der Waals surface area contributed by atoms with Gasteiger partial charge in [0.1, 0.15) is 0 Å². The molecule has 0 saturated heterocycles. The third kappa shape index (κ3) is 3.28. The molecule has 0 heterocycles. The van der Waals surface area contributed by atoms with E-state index in [9.17, 15) is 5.11 Å². The molecule has 19 heavy (non-hydrogen) atoms. The fourth-order valence-electron chi connectivity index (χ4n) is 1.99. The molecule has 0 aliphatic rings. The van der Waals surface area contributed by atoms with E-state index in [-0.39, 0.29) is 6.61 Å². The average molecular weight is 276 g/mol. The molecule has 0 amide bonds. The molecule has 2 aromatic carbocycles. The molecule has 0 aromatic heterocycles. The van der Waals surface area contributed by atoms with Crippen molar-refractivity contribution in [1.82, 2.24) is 0 Å². The van der Waals surface area contributed by atoms with Gasteiger partial charge in [0, 0.05) is 10.7 Å². The largest absolute Gasteiger partial charge is 0.394 e. The summed E-state index contributed by atoms with van der Waals surface area (Å²) in [5.74, 6) is 0. The van der Waals surface area contributed by atoms with Crippen LogP contribution in [0.2, 0.25) is 5.02 Å². The number of halogens is 1. The monoisotopic (exact) mass is 275 g/mol. The Kier molecular flexibility index (Phi) is 4.13. The van der Waals surface area contributed by atoms with Crippen LogP contribution in [0.3, 0.4) is 0 Å². The predicted molar refractivity (Wildman–Crippen MR) is 80.7 cm³/mol. The van der Waals surface area contributed by atoms with Crippen LogP contribution in [0.15, 0.2) is 48.5 Å². The highest BCUT2D eigenvalue weighted by Crippen LogP contribution is 2.27. The zero-order valence-electron chi connectivity index (χ0n) is 11.2. The summed E-state index contributed by atoms with van der Waals surface area (Å²) < 4.78 is 0. The Labute approximate surface area is 119 Å². The molecule has 1 atom stereocenters. The highest BCUT2D eigenvalue weighted by molar-refractivity contribution is 6.30. The summed E-state index contributed by atoms with van der Waals surface area (Å²) in [6, 6.07) is 15.6. The Morgan fingerprint density at radius 3 is 2.42 bits per heavy atom. The van der Waals surface area contributed by atoms with Crippen molar-refractivity contribution in [2.75, 3.05) is 11.9 Å². The molecule has 0 saturated carbocycles. The molecule has 0 radical (unpaired) electrons. The molecule has 1 unspecified atom stereocenters. The zero-order chi connectivity index (χ0) is 13.9. The number of aryl methyl sites for hydroxylation is 1. The average Bonchev–Trinajstić information content (AvgIpc) is 2.41. The van der Waals surface area contributed by atoms with Gasteiger partial charge < -0.3 is 10.4 Å². The number of rotatable bonds is 4. The maximum atomic E-state index is 9.74. The molecule has 0 spiro atoms. The molecule has 2 N–H and O–H groups in total. The first-order chi connectivity index (χ1) is 9.03. The highest BCUT2D eigenvalue weighted by Gasteiger charge is 2.25. The molecule has 2 rings (SSSR count). The standard InChI is InChI=1S/C16H18ClNO/c1-12-6-8-15(9-7-12)18-16(2,11-19)13-4-3-5-14(17)10-13/h3-10,18-19H,11H2,1-2H3. The Morgan fingerprint density at radius 2 is 1.84 bits per heavy atom. The molecular weight excluding hydrogens is 258 g/mol. The van der Waals surface area contributed by atoms with Gasteiger partial charge in [0.05, 0.1) is 12.1 Å². The van der Waals surface area contributed by atoms with E-state index < -0.39 is 5.54 Å². The van der Waals surface area contributed by atoms with E-state index in [0.717, 1.165) is 11.3 Å². The first-order valence-corrected chi connectivity index (χ1v) is 6.63. The Morgan fingerprint density at radius 1 is 1.16 bits per heavy atom. The van der Waals surface area contributed by atoms with E-state index in [2.05, 4.69) is 5.32 Å². The summed E-state index contributed by atoms with van der Waals surface area (Å²) in [5.41, 5.74) is 2.59. The van der Waals surface area contributed by atoms with Crippen molar-refractivity contribution in [2.45, 2.75) is 19.4 Å². The van der Waals surface area contributed by atoms with Gasteiger partial charge >= 0.3 is 0 Å². The van der Waals surface area contributed by atoms with Gasteiger partial charge in [0.15, 0.2) is 0 Å². The van der Waals surface area contributed by atoms with Gasteiger partial charge in [0.2, 0.25) is 0 Å². The van der Waals surface area contributed by atoms with Crippen LogP contribution in [-0.4, -0.2) is 11.7 Å². The van der Waals surface area contributed by atoms with Crippen LogP contribution in [0.1, 0.15) is 18.1 Å². The van der Waals surface area contributed by atoms with Crippen molar-refractivity contribution in [3.8, 4) is 0 Å². The van der Waals surface area contributed by atoms with Gasteiger partial charge in [-0.15, -0.1) is 0 Å². The lowest BCUT2D eigenvalue weighted by Crippen LogP contribution is -2.35. The van der Waals surface area contributed by atoms with Crippen molar-refractivity contribution >= 4 is 17.3 Å². The lowest BCUT2D eigenvalue weighted by atomic mass is 9.92. The maximum absolute atomic E-state index is 9.74. The van der Waals surface area contributed by atoms with Crippen LogP contribution in [0, 0.1) is 6.92 Å². The van der Waals surface area contributed by atoms with Gasteiger partial charge in [-0.3, -0.25) is 0 Å². The molecule has 0 aliphatic carbocycles. The topological polar surface area (TPSA) is 32.3 Å². The molecule has 0 fully saturated rings. The second-order valence-corrected chi connectivity index (χ2v) is 5.43. The van der Waals surface area contributed by atoms with Crippen molar-refractivity contribution in [2.24, 2.45) is 0 Å². The van der Waals surface area contributed by atoms with E-state index >= 15 is 0 Å². The molecular formula is C16H18ClNO. The molecule has 0 aliphatic heterocycles. The quantitative estimate of drug-likeness (QED) is 0.885. The summed E-state index contributed by atoms with van der Waals surface area (Å²) >= 11 is 6.02. The summed E-state index contributed by atoms with van der Waals surface area (Å²) in [7, 11) is 0. The van der Waals surface area contributed by atoms with Gasteiger partial charge in [-0.05, 0) is 43.7 Å². The van der Waals surface area contributed by atoms with Crippen LogP contribution >= 0.6 is 11.6 Å². The Balaban J connectivity index is 2.30. The van der Waals surface area contributed by atoms with Crippen LogP contribution in [0.5, 0.6) is 0 Å². The van der Waals surface area contributed by atoms with Gasteiger partial charge in [-0.25, -0.2) is 0 Å². The van der Waals surface area contributed by atoms with Gasteiger partial charge in [-0.1, -0.05) is 41.4 Å². The summed E-state index contributed by atoms with van der Waals surface area (Å²) in [5, 5.41) is 13.8. The van der Waals surface area contributed by atoms with E-state index in [4.69, 9.17) is 11.6 Å². The highest BCUT2D eigenvalue weighted by atomic mass is 35.5. The van der Waals surface area contributed by atoms with Crippen molar-refractivity contribution in [1.29, 1.82) is 0 Å². The third-order valence-corrected chi connectivity index (χ3v) is 3.48. The van der Waals surface area contributed by atoms with Gasteiger partial charge in [0.25, 0.3) is 0 Å². The van der Waals surface area contributed by atoms with Gasteiger partial charge in [-0.2, -0.15) is 0 Å². The van der Waals surface area contributed by atoms with Crippen LogP contribution < -0.4 is 5.32 Å². The first kappa shape index (κ1) is 13.9. The van der Waals surface area contributed by atoms with E-state index in [0.29, 0.717) is 5.02 Å². The minimum Gasteiger partial charge on any atom is -0.394 e. The number of aliphatic hydroxyl groups is 1. The summed E-state index contributed by atoms with van der Waals surface area (Å²) in [6.45, 7) is 3.99. The van der Waals surface area contributed by atoms with Crippen molar-refractivity contribution in [3.05, 3.63) is 64.7 Å². The zero-order valence-corrected chi connectivity index (χ0v) is 11.9. The van der Waals surface area contributed by atoms with E-state index in [1.54, 1.807) is 0 Å². The number of hydrogen-bond acceptors (Lipinski definition) is 2. The minimum atomic E-state index is -0.555. The molecule has 100 valence electrons. The Hall–Kier alpha value is -1.51. The SMILES string of the molecule is Cc1ccc(NC(C)(CO)c2cccc(Cl)c2)cc1. The lowest BCUT2D eigenvalue weighted by Gasteiger charge is -2.30. The van der Waals surface area contributed by atoms with Crippen LogP contribution in [0.25, 0.3) is 0 Å². The molecule has 2 nitrogen and oxygen atoms in total. The molecule has 3 heteroatoms. The maximum Gasteiger partial charge on any atom is 0.0828 e.